The van der Waals surface area contributed by atoms with Gasteiger partial charge in [-0.15, -0.1) is 11.3 Å². The predicted molar refractivity (Wildman–Crippen MR) is 74.7 cm³/mol. The van der Waals surface area contributed by atoms with E-state index >= 15 is 0 Å². The largest absolute Gasteiger partial charge is 0.481 e. The number of carbonyl (C=O) groups is 2. The molecule has 0 radical (unpaired) electrons. The standard InChI is InChI=1S/C12H19N3O3S/c1-4-8(5-10(16)17)13-11(18)15-12-14-9(6-19-12)7(2)3/h6-8H,4-5H2,1-3H3,(H,16,17)(H2,13,14,15,18). The van der Waals surface area contributed by atoms with Crippen molar-refractivity contribution in [2.45, 2.75) is 45.6 Å². The number of carbonyl (C=O) groups excluding carboxylic acids is 1. The van der Waals surface area contributed by atoms with E-state index in [1.54, 1.807) is 0 Å². The third-order valence-corrected chi connectivity index (χ3v) is 3.36. The lowest BCUT2D eigenvalue weighted by atomic mass is 10.1. The van der Waals surface area contributed by atoms with E-state index in [1.165, 1.54) is 11.3 Å². The van der Waals surface area contributed by atoms with Crippen LogP contribution in [0.25, 0.3) is 0 Å². The Morgan fingerprint density at radius 3 is 2.63 bits per heavy atom. The second kappa shape index (κ2) is 7.08. The van der Waals surface area contributed by atoms with Gasteiger partial charge >= 0.3 is 12.0 Å². The van der Waals surface area contributed by atoms with Gasteiger partial charge in [-0.25, -0.2) is 9.78 Å². The van der Waals surface area contributed by atoms with Gasteiger partial charge in [-0.05, 0) is 12.3 Å². The number of carboxylic acid groups (broad SMARTS) is 1. The fourth-order valence-corrected chi connectivity index (χ4v) is 2.30. The van der Waals surface area contributed by atoms with E-state index in [9.17, 15) is 9.59 Å². The first-order valence-electron chi connectivity index (χ1n) is 6.17. The van der Waals surface area contributed by atoms with E-state index in [2.05, 4.69) is 15.6 Å². The lowest BCUT2D eigenvalue weighted by molar-refractivity contribution is -0.137. The number of aliphatic carboxylic acids is 1. The maximum absolute atomic E-state index is 11.7. The summed E-state index contributed by atoms with van der Waals surface area (Å²) in [5.41, 5.74) is 0.929. The lowest BCUT2D eigenvalue weighted by Crippen LogP contribution is -2.38. The Bertz CT molecular complexity index is 445. The van der Waals surface area contributed by atoms with Gasteiger partial charge in [0.2, 0.25) is 0 Å². The highest BCUT2D eigenvalue weighted by molar-refractivity contribution is 7.13. The van der Waals surface area contributed by atoms with E-state index in [1.807, 2.05) is 26.2 Å². The molecule has 2 amide bonds. The number of hydrogen-bond acceptors (Lipinski definition) is 4. The molecule has 0 aliphatic rings. The molecule has 0 fully saturated rings. The molecule has 0 aromatic carbocycles. The lowest BCUT2D eigenvalue weighted by Gasteiger charge is -2.14. The smallest absolute Gasteiger partial charge is 0.321 e. The van der Waals surface area contributed by atoms with Gasteiger partial charge in [0.25, 0.3) is 0 Å². The molecule has 0 saturated carbocycles. The molecule has 0 bridgehead atoms. The van der Waals surface area contributed by atoms with Gasteiger partial charge in [-0.2, -0.15) is 0 Å². The van der Waals surface area contributed by atoms with Gasteiger partial charge in [0.05, 0.1) is 12.1 Å². The van der Waals surface area contributed by atoms with Crippen LogP contribution in [0.4, 0.5) is 9.93 Å². The Labute approximate surface area is 116 Å². The summed E-state index contributed by atoms with van der Waals surface area (Å²) in [6, 6.07) is -0.792. The van der Waals surface area contributed by atoms with Crippen LogP contribution in [0.5, 0.6) is 0 Å². The summed E-state index contributed by atoms with van der Waals surface area (Å²) in [7, 11) is 0. The maximum atomic E-state index is 11.7. The summed E-state index contributed by atoms with van der Waals surface area (Å²) in [5.74, 6) is -0.617. The average molecular weight is 285 g/mol. The number of aromatic nitrogens is 1. The molecule has 0 aliphatic carbocycles. The monoisotopic (exact) mass is 285 g/mol. The predicted octanol–water partition coefficient (Wildman–Crippen LogP) is 2.64. The van der Waals surface area contributed by atoms with Crippen LogP contribution in [0, 0.1) is 0 Å². The van der Waals surface area contributed by atoms with Crippen LogP contribution in [0.15, 0.2) is 5.38 Å². The summed E-state index contributed by atoms with van der Waals surface area (Å²) in [4.78, 5) is 26.6. The first-order chi connectivity index (χ1) is 8.92. The molecule has 1 aromatic heterocycles. The molecule has 1 rings (SSSR count). The zero-order chi connectivity index (χ0) is 14.4. The molecule has 1 heterocycles. The molecule has 1 aromatic rings. The minimum absolute atomic E-state index is 0.0843. The van der Waals surface area contributed by atoms with Gasteiger partial charge in [-0.1, -0.05) is 20.8 Å². The molecule has 1 atom stereocenters. The Balaban J connectivity index is 2.51. The van der Waals surface area contributed by atoms with Crippen molar-refractivity contribution in [2.24, 2.45) is 0 Å². The van der Waals surface area contributed by atoms with Crippen LogP contribution in [0.2, 0.25) is 0 Å². The Kier molecular flexibility index (Phi) is 5.75. The molecule has 0 spiro atoms. The van der Waals surface area contributed by atoms with Gasteiger partial charge in [0.1, 0.15) is 0 Å². The number of urea groups is 1. The number of nitrogens with zero attached hydrogens (tertiary/aromatic N) is 1. The average Bonchev–Trinajstić information content (AvgIpc) is 2.75. The molecule has 0 saturated heterocycles. The molecule has 7 heteroatoms. The molecule has 0 aliphatic heterocycles. The molecule has 6 nitrogen and oxygen atoms in total. The normalized spacial score (nSPS) is 12.2. The van der Waals surface area contributed by atoms with Crippen LogP contribution in [0.3, 0.4) is 0 Å². The Morgan fingerprint density at radius 2 is 2.16 bits per heavy atom. The van der Waals surface area contributed by atoms with E-state index in [4.69, 9.17) is 5.11 Å². The number of nitrogens with one attached hydrogen (secondary N) is 2. The van der Waals surface area contributed by atoms with Crippen molar-refractivity contribution in [3.8, 4) is 0 Å². The van der Waals surface area contributed by atoms with Crippen molar-refractivity contribution in [2.75, 3.05) is 5.32 Å². The van der Waals surface area contributed by atoms with Gasteiger partial charge in [-0.3, -0.25) is 10.1 Å². The number of carboxylic acids is 1. The highest BCUT2D eigenvalue weighted by atomic mass is 32.1. The summed E-state index contributed by atoms with van der Waals surface area (Å²) in [6.07, 6.45) is 0.480. The van der Waals surface area contributed by atoms with E-state index in [0.717, 1.165) is 5.69 Å². The van der Waals surface area contributed by atoms with Crippen LogP contribution < -0.4 is 10.6 Å². The highest BCUT2D eigenvalue weighted by Crippen LogP contribution is 2.21. The van der Waals surface area contributed by atoms with Gasteiger partial charge in [0.15, 0.2) is 5.13 Å². The maximum Gasteiger partial charge on any atom is 0.321 e. The van der Waals surface area contributed by atoms with Crippen LogP contribution in [-0.2, 0) is 4.79 Å². The van der Waals surface area contributed by atoms with Crippen molar-refractivity contribution in [3.05, 3.63) is 11.1 Å². The minimum Gasteiger partial charge on any atom is -0.481 e. The topological polar surface area (TPSA) is 91.3 Å². The van der Waals surface area contributed by atoms with Crippen LogP contribution in [-0.4, -0.2) is 28.1 Å². The minimum atomic E-state index is -0.927. The van der Waals surface area contributed by atoms with Crippen LogP contribution >= 0.6 is 11.3 Å². The molecular weight excluding hydrogens is 266 g/mol. The summed E-state index contributed by atoms with van der Waals surface area (Å²) in [5, 5.41) is 16.4. The quantitative estimate of drug-likeness (QED) is 0.749. The Morgan fingerprint density at radius 1 is 1.47 bits per heavy atom. The van der Waals surface area contributed by atoms with Gasteiger partial charge < -0.3 is 10.4 Å². The van der Waals surface area contributed by atoms with Crippen molar-refractivity contribution >= 4 is 28.5 Å². The van der Waals surface area contributed by atoms with Crippen molar-refractivity contribution in [1.82, 2.24) is 10.3 Å². The number of amides is 2. The second-order valence-corrected chi connectivity index (χ2v) is 5.39. The third-order valence-electron chi connectivity index (χ3n) is 2.58. The number of thiazole rings is 1. The van der Waals surface area contributed by atoms with E-state index in [0.29, 0.717) is 17.5 Å². The third kappa shape index (κ3) is 5.25. The summed E-state index contributed by atoms with van der Waals surface area (Å²) < 4.78 is 0. The van der Waals surface area contributed by atoms with Crippen molar-refractivity contribution < 1.29 is 14.7 Å². The second-order valence-electron chi connectivity index (χ2n) is 4.53. The zero-order valence-electron chi connectivity index (χ0n) is 11.3. The highest BCUT2D eigenvalue weighted by Gasteiger charge is 2.15. The van der Waals surface area contributed by atoms with Crippen molar-refractivity contribution in [3.63, 3.8) is 0 Å². The van der Waals surface area contributed by atoms with E-state index < -0.39 is 12.0 Å². The summed E-state index contributed by atoms with van der Waals surface area (Å²) in [6.45, 7) is 5.88. The molecule has 19 heavy (non-hydrogen) atoms. The number of rotatable bonds is 6. The molecule has 3 N–H and O–H groups in total. The van der Waals surface area contributed by atoms with Crippen molar-refractivity contribution in [1.29, 1.82) is 0 Å². The fourth-order valence-electron chi connectivity index (χ4n) is 1.44. The zero-order valence-corrected chi connectivity index (χ0v) is 12.1. The number of anilines is 1. The van der Waals surface area contributed by atoms with E-state index in [-0.39, 0.29) is 12.5 Å². The SMILES string of the molecule is CCC(CC(=O)O)NC(=O)Nc1nc(C(C)C)cs1. The summed E-state index contributed by atoms with van der Waals surface area (Å²) >= 11 is 1.36. The molecular formula is C12H19N3O3S. The number of hydrogen-bond donors (Lipinski definition) is 3. The first-order valence-corrected chi connectivity index (χ1v) is 7.05. The van der Waals surface area contributed by atoms with Gasteiger partial charge in [0, 0.05) is 11.4 Å². The first kappa shape index (κ1) is 15.4. The molecule has 1 unspecified atom stereocenters. The Hall–Kier alpha value is -1.63. The van der Waals surface area contributed by atoms with Crippen LogP contribution in [0.1, 0.15) is 45.2 Å². The fraction of sp³-hybridized carbons (Fsp3) is 0.583. The molecule has 106 valence electrons.